The SMILES string of the molecule is CC[C@H](C)[C@H](NC(=O)[C@@H](N)CCCN=C(N)N)C(=O)N[C@@H](CC(N)=O)C(=O)N[C@@H](CC(N)=O)C(=O)N[C@H](C(=O)N1CC(C2=CN(c3ccc(C)cc3)NN2)C[C@H]1C(=O)N[C@@H](Cc1c[nH]c2ccccc12)C(=O)N[C@@H](CO)C(=O)N[C@@H](CCC(=O)O)C(=O)N[C@@H](C)C(=O)N[C@@H](CCSC)C(=O)N[C@@H](CCSC)C(N)=O)[C@@H](C)CC. The highest BCUT2D eigenvalue weighted by molar-refractivity contribution is 7.98. The van der Waals surface area contributed by atoms with Crippen LogP contribution in [-0.2, 0) is 78.3 Å². The number of hydrogen-bond donors (Lipinski definition) is 21. The molecule has 5 rings (SSSR count). The van der Waals surface area contributed by atoms with E-state index in [2.05, 4.69) is 74.1 Å². The molecule has 14 amide bonds. The van der Waals surface area contributed by atoms with Crippen LogP contribution in [0.4, 0.5) is 5.69 Å². The van der Waals surface area contributed by atoms with Crippen LogP contribution in [0.25, 0.3) is 10.9 Å². The lowest BCUT2D eigenvalue weighted by Crippen LogP contribution is -2.62. The highest BCUT2D eigenvalue weighted by Crippen LogP contribution is 2.33. The second-order valence-corrected chi connectivity index (χ2v) is 29.9. The Labute approximate surface area is 662 Å². The van der Waals surface area contributed by atoms with Gasteiger partial charge in [-0.1, -0.05) is 76.4 Å². The van der Waals surface area contributed by atoms with E-state index in [-0.39, 0.29) is 57.6 Å². The number of hydrazine groups is 2. The van der Waals surface area contributed by atoms with Crippen molar-refractivity contribution in [3.63, 3.8) is 0 Å². The lowest BCUT2D eigenvalue weighted by atomic mass is 9.96. The number of nitrogens with one attached hydrogen (secondary N) is 13. The van der Waals surface area contributed by atoms with Crippen LogP contribution in [-0.4, -0.2) is 231 Å². The van der Waals surface area contributed by atoms with Crippen LogP contribution < -0.4 is 104 Å². The Hall–Kier alpha value is -10.8. The van der Waals surface area contributed by atoms with Gasteiger partial charge in [-0.3, -0.25) is 81.9 Å². The molecular formula is C72H110N22O17S2. The van der Waals surface area contributed by atoms with Gasteiger partial charge in [0, 0.05) is 55.1 Å². The summed E-state index contributed by atoms with van der Waals surface area (Å²) in [5, 5.41) is 48.0. The van der Waals surface area contributed by atoms with Gasteiger partial charge in [-0.05, 0) is 112 Å². The molecule has 41 heteroatoms. The molecular weight excluding hydrogens is 1510 g/mol. The molecule has 0 saturated carbocycles. The number of aliphatic carboxylic acids is 1. The predicted molar refractivity (Wildman–Crippen MR) is 422 cm³/mol. The number of nitrogens with two attached hydrogens (primary N) is 6. The van der Waals surface area contributed by atoms with Gasteiger partial charge in [0.2, 0.25) is 82.7 Å². The van der Waals surface area contributed by atoms with Gasteiger partial charge in [0.15, 0.2) is 5.96 Å². The number of carbonyl (C=O) groups excluding carboxylic acids is 14. The number of aliphatic imine (C=N–C) groups is 1. The number of nitrogens with zero attached hydrogens (tertiary/aromatic N) is 3. The second-order valence-electron chi connectivity index (χ2n) is 27.9. The van der Waals surface area contributed by atoms with E-state index in [0.29, 0.717) is 52.2 Å². The number of guanidine groups is 1. The summed E-state index contributed by atoms with van der Waals surface area (Å²) < 4.78 is 0. The first-order valence-corrected chi connectivity index (χ1v) is 39.8. The highest BCUT2D eigenvalue weighted by Gasteiger charge is 2.47. The molecule has 27 N–H and O–H groups in total. The van der Waals surface area contributed by atoms with E-state index in [9.17, 15) is 67.7 Å². The number of primary amides is 3. The molecule has 113 heavy (non-hydrogen) atoms. The number of aromatic nitrogens is 1. The van der Waals surface area contributed by atoms with Crippen LogP contribution in [0.2, 0.25) is 0 Å². The van der Waals surface area contributed by atoms with Crippen molar-refractivity contribution in [1.29, 1.82) is 0 Å². The van der Waals surface area contributed by atoms with Crippen LogP contribution in [0, 0.1) is 24.7 Å². The summed E-state index contributed by atoms with van der Waals surface area (Å²) in [5.41, 5.74) is 43.1. The topological polar surface area (TPSA) is 632 Å². The minimum Gasteiger partial charge on any atom is -0.481 e. The zero-order valence-electron chi connectivity index (χ0n) is 64.6. The fourth-order valence-corrected chi connectivity index (χ4v) is 13.2. The summed E-state index contributed by atoms with van der Waals surface area (Å²) in [7, 11) is 0. The minimum absolute atomic E-state index is 0.0917. The molecule has 622 valence electrons. The molecule has 0 aliphatic carbocycles. The number of fused-ring (bicyclic) bond motifs is 1. The Morgan fingerprint density at radius 2 is 1.12 bits per heavy atom. The van der Waals surface area contributed by atoms with Gasteiger partial charge in [0.05, 0.1) is 36.9 Å². The quantitative estimate of drug-likeness (QED) is 0.0144. The van der Waals surface area contributed by atoms with Crippen molar-refractivity contribution in [3.05, 3.63) is 77.8 Å². The average Bonchev–Trinajstić information content (AvgIpc) is 1.65. The Bertz CT molecular complexity index is 3920. The zero-order chi connectivity index (χ0) is 83.9. The van der Waals surface area contributed by atoms with Crippen LogP contribution >= 0.6 is 23.5 Å². The first kappa shape index (κ1) is 92.8. The number of rotatable bonds is 48. The molecule has 1 fully saturated rings. The number of para-hydroxylation sites is 1. The maximum atomic E-state index is 15.7. The summed E-state index contributed by atoms with van der Waals surface area (Å²) in [6.45, 7) is 8.59. The third-order valence-electron chi connectivity index (χ3n) is 19.3. The Balaban J connectivity index is 1.47. The molecule has 1 saturated heterocycles. The van der Waals surface area contributed by atoms with Crippen molar-refractivity contribution in [2.75, 3.05) is 48.7 Å². The number of H-pyrrole nitrogens is 1. The fourth-order valence-electron chi connectivity index (χ4n) is 12.3. The van der Waals surface area contributed by atoms with Gasteiger partial charge in [-0.25, -0.2) is 0 Å². The largest absolute Gasteiger partial charge is 0.481 e. The summed E-state index contributed by atoms with van der Waals surface area (Å²) in [5.74, 6) is -16.7. The number of amides is 14. The molecule has 2 aromatic carbocycles. The number of carboxylic acids is 1. The maximum Gasteiger partial charge on any atom is 0.303 e. The first-order chi connectivity index (χ1) is 53.5. The molecule has 39 nitrogen and oxygen atoms in total. The number of likely N-dealkylation sites (tertiary alicyclic amines) is 1. The maximum absolute atomic E-state index is 15.7. The number of hydrogen-bond acceptors (Lipinski definition) is 23. The predicted octanol–water partition coefficient (Wildman–Crippen LogP) is -4.45. The monoisotopic (exact) mass is 1620 g/mol. The lowest BCUT2D eigenvalue weighted by Gasteiger charge is -2.33. The van der Waals surface area contributed by atoms with Gasteiger partial charge in [-0.2, -0.15) is 23.5 Å². The molecule has 15 atom stereocenters. The van der Waals surface area contributed by atoms with Gasteiger partial charge in [0.25, 0.3) is 0 Å². The van der Waals surface area contributed by atoms with E-state index in [1.54, 1.807) is 81.9 Å². The van der Waals surface area contributed by atoms with Crippen LogP contribution in [0.3, 0.4) is 0 Å². The summed E-state index contributed by atoms with van der Waals surface area (Å²) in [4.78, 5) is 216. The van der Waals surface area contributed by atoms with E-state index < -0.39 is 211 Å². The van der Waals surface area contributed by atoms with E-state index in [1.165, 1.54) is 35.3 Å². The van der Waals surface area contributed by atoms with E-state index >= 15 is 14.4 Å². The van der Waals surface area contributed by atoms with Gasteiger partial charge in [0.1, 0.15) is 66.5 Å². The molecule has 0 bridgehead atoms. The van der Waals surface area contributed by atoms with E-state index in [1.807, 2.05) is 31.2 Å². The number of carbonyl (C=O) groups is 15. The Morgan fingerprint density at radius 3 is 1.72 bits per heavy atom. The molecule has 1 unspecified atom stereocenters. The standard InChI is InChI=1S/C72H110N22O17S2/c1-9-37(4)58(89-62(102)44(73)15-13-25-79-72(77)78)70(110)87-50(30-55(74)96)66(106)85-51(31-56(75)97)67(107)90-59(38(5)10-2)71(111)93-33-41(52-34-94(92-91-52)42-19-17-36(3)18-20-42)29-54(93)69(109)86-49(28-40-32-80-45-16-12-11-14-43(40)45)65(105)88-53(35-95)68(108)84-47(21-22-57(98)99)63(103)81-39(6)61(101)83-48(24-27-113-8)64(104)82-46(60(76)100)23-26-112-7/h11-12,14,16-20,32,34,37-39,41,44,46-51,53-54,58-59,80,91-92,95H,9-10,13,15,21-31,33,35,73H2,1-8H3,(H2,74,96)(H2,75,97)(H2,76,100)(H,81,103)(H,82,104)(H,83,101)(H,84,108)(H,85,106)(H,86,109)(H,87,110)(H,88,105)(H,89,102)(H,90,107)(H,98,99)(H4,77,78,79)/t37-,38-,39-,41?,44-,46-,47-,48-,49-,50-,51-,53-,54-,58-,59-/m0/s1. The first-order valence-electron chi connectivity index (χ1n) is 37.0. The van der Waals surface area contributed by atoms with Gasteiger partial charge in [-0.15, -0.1) is 5.53 Å². The summed E-state index contributed by atoms with van der Waals surface area (Å²) >= 11 is 2.78. The second kappa shape index (κ2) is 45.7. The molecule has 2 aliphatic heterocycles. The van der Waals surface area contributed by atoms with Crippen molar-refractivity contribution < 1.29 is 82.1 Å². The van der Waals surface area contributed by atoms with Crippen molar-refractivity contribution in [1.82, 2.24) is 74.0 Å². The van der Waals surface area contributed by atoms with Crippen molar-refractivity contribution in [3.8, 4) is 0 Å². The third kappa shape index (κ3) is 28.7. The van der Waals surface area contributed by atoms with Crippen molar-refractivity contribution in [2.45, 2.75) is 191 Å². The lowest BCUT2D eigenvalue weighted by molar-refractivity contribution is -0.144. The average molecular weight is 1620 g/mol. The number of thioether (sulfide) groups is 2. The van der Waals surface area contributed by atoms with Crippen molar-refractivity contribution >= 4 is 135 Å². The van der Waals surface area contributed by atoms with Crippen molar-refractivity contribution in [2.24, 2.45) is 57.1 Å². The highest BCUT2D eigenvalue weighted by atomic mass is 32.2. The molecule has 2 aliphatic rings. The number of aromatic amines is 1. The number of aliphatic hydroxyl groups is 1. The molecule has 1 aromatic heterocycles. The smallest absolute Gasteiger partial charge is 0.303 e. The number of carboxylic acid groups (broad SMARTS) is 1. The van der Waals surface area contributed by atoms with E-state index in [4.69, 9.17) is 34.4 Å². The van der Waals surface area contributed by atoms with Gasteiger partial charge >= 0.3 is 5.97 Å². The Morgan fingerprint density at radius 1 is 0.602 bits per heavy atom. The normalized spacial score (nSPS) is 17.3. The molecule has 3 heterocycles. The Kier molecular flexibility index (Phi) is 37.5. The van der Waals surface area contributed by atoms with E-state index in [0.717, 1.165) is 5.56 Å². The molecule has 3 aromatic rings. The summed E-state index contributed by atoms with van der Waals surface area (Å²) in [6, 6.07) is -3.94. The number of anilines is 1. The fraction of sp³-hybridized carbons (Fsp3) is 0.556. The number of aryl methyl sites for hydroxylation is 1. The van der Waals surface area contributed by atoms with Crippen LogP contribution in [0.5, 0.6) is 0 Å². The minimum atomic E-state index is -1.93. The van der Waals surface area contributed by atoms with Crippen LogP contribution in [0.15, 0.2) is 71.6 Å². The number of aliphatic hydroxyl groups excluding tert-OH is 1. The third-order valence-corrected chi connectivity index (χ3v) is 20.6. The van der Waals surface area contributed by atoms with Crippen LogP contribution in [0.1, 0.15) is 116 Å². The molecule has 0 spiro atoms. The molecule has 0 radical (unpaired) electrons. The summed E-state index contributed by atoms with van der Waals surface area (Å²) in [6.07, 6.45) is 4.51. The number of benzene rings is 2. The van der Waals surface area contributed by atoms with Gasteiger partial charge < -0.3 is 113 Å². The zero-order valence-corrected chi connectivity index (χ0v) is 66.2.